The lowest BCUT2D eigenvalue weighted by Gasteiger charge is -2.39. The molecule has 3 rings (SSSR count). The van der Waals surface area contributed by atoms with Gasteiger partial charge in [-0.05, 0) is 23.3 Å². The topological polar surface area (TPSA) is 65.0 Å². The van der Waals surface area contributed by atoms with E-state index in [0.717, 1.165) is 37.7 Å². The first kappa shape index (κ1) is 22.7. The molecule has 30 heavy (non-hydrogen) atoms. The Labute approximate surface area is 183 Å². The maximum Gasteiger partial charge on any atom is 0.246 e. The Kier molecular flexibility index (Phi) is 9.11. The molecule has 1 atom stereocenters. The maximum atomic E-state index is 11.5. The van der Waals surface area contributed by atoms with Crippen LogP contribution in [0.5, 0.6) is 0 Å². The molecule has 1 heterocycles. The Morgan fingerprint density at radius 3 is 2.37 bits per heavy atom. The summed E-state index contributed by atoms with van der Waals surface area (Å²) in [6.07, 6.45) is 0. The molecule has 0 aromatic heterocycles. The van der Waals surface area contributed by atoms with Crippen LogP contribution in [0.15, 0.2) is 54.6 Å². The van der Waals surface area contributed by atoms with Gasteiger partial charge in [0.25, 0.3) is 0 Å². The standard InChI is InChI=1S/C23H30ClN3O3/c24-21-8-6-20(7-9-21)23(19-4-2-1-3-5-19)27-13-11-26(12-14-27)15-17-30-18-22(29)25-10-16-28/h1-9,23,28H,10-18H2,(H,25,29). The molecule has 1 saturated heterocycles. The van der Waals surface area contributed by atoms with Crippen molar-refractivity contribution < 1.29 is 14.6 Å². The molecule has 1 aliphatic rings. The second-order valence-corrected chi connectivity index (χ2v) is 7.80. The second kappa shape index (κ2) is 12.0. The Hall–Kier alpha value is -1.96. The summed E-state index contributed by atoms with van der Waals surface area (Å²) in [6.45, 7) is 5.39. The average molecular weight is 432 g/mol. The van der Waals surface area contributed by atoms with E-state index in [1.165, 1.54) is 11.1 Å². The van der Waals surface area contributed by atoms with Gasteiger partial charge in [0.1, 0.15) is 6.61 Å². The third kappa shape index (κ3) is 6.79. The van der Waals surface area contributed by atoms with Crippen LogP contribution in [-0.4, -0.2) is 79.9 Å². The molecule has 0 radical (unpaired) electrons. The van der Waals surface area contributed by atoms with Gasteiger partial charge in [-0.1, -0.05) is 54.1 Å². The van der Waals surface area contributed by atoms with Crippen molar-refractivity contribution in [1.29, 1.82) is 0 Å². The quantitative estimate of drug-likeness (QED) is 0.564. The fraction of sp³-hybridized carbons (Fsp3) is 0.435. The van der Waals surface area contributed by atoms with E-state index in [1.807, 2.05) is 18.2 Å². The van der Waals surface area contributed by atoms with Gasteiger partial charge < -0.3 is 15.2 Å². The van der Waals surface area contributed by atoms with Gasteiger partial charge in [0.2, 0.25) is 5.91 Å². The molecule has 1 fully saturated rings. The van der Waals surface area contributed by atoms with Crippen molar-refractivity contribution in [2.75, 3.05) is 59.1 Å². The van der Waals surface area contributed by atoms with Gasteiger partial charge in [-0.15, -0.1) is 0 Å². The first-order valence-electron chi connectivity index (χ1n) is 10.4. The maximum absolute atomic E-state index is 11.5. The van der Waals surface area contributed by atoms with Crippen LogP contribution in [0.25, 0.3) is 0 Å². The van der Waals surface area contributed by atoms with E-state index in [-0.39, 0.29) is 31.7 Å². The minimum absolute atomic E-state index is 0.0343. The average Bonchev–Trinajstić information content (AvgIpc) is 2.78. The molecule has 0 aliphatic carbocycles. The monoisotopic (exact) mass is 431 g/mol. The Bertz CT molecular complexity index is 765. The van der Waals surface area contributed by atoms with Crippen LogP contribution in [0.4, 0.5) is 0 Å². The number of hydrogen-bond acceptors (Lipinski definition) is 5. The predicted molar refractivity (Wildman–Crippen MR) is 119 cm³/mol. The molecule has 162 valence electrons. The van der Waals surface area contributed by atoms with Gasteiger partial charge in [-0.2, -0.15) is 0 Å². The molecule has 6 nitrogen and oxygen atoms in total. The van der Waals surface area contributed by atoms with Crippen molar-refractivity contribution in [2.45, 2.75) is 6.04 Å². The normalized spacial score (nSPS) is 16.3. The van der Waals surface area contributed by atoms with Crippen molar-refractivity contribution in [3.63, 3.8) is 0 Å². The van der Waals surface area contributed by atoms with E-state index in [0.29, 0.717) is 6.61 Å². The second-order valence-electron chi connectivity index (χ2n) is 7.37. The number of amides is 1. The SMILES string of the molecule is O=C(COCCN1CCN(C(c2ccccc2)c2ccc(Cl)cc2)CC1)NCCO. The third-order valence-electron chi connectivity index (χ3n) is 5.29. The molecular formula is C23H30ClN3O3. The van der Waals surface area contributed by atoms with E-state index in [1.54, 1.807) is 0 Å². The lowest BCUT2D eigenvalue weighted by atomic mass is 9.96. The highest BCUT2D eigenvalue weighted by molar-refractivity contribution is 6.30. The van der Waals surface area contributed by atoms with E-state index >= 15 is 0 Å². The van der Waals surface area contributed by atoms with E-state index in [9.17, 15) is 4.79 Å². The van der Waals surface area contributed by atoms with E-state index in [4.69, 9.17) is 21.4 Å². The zero-order valence-electron chi connectivity index (χ0n) is 17.2. The van der Waals surface area contributed by atoms with Crippen molar-refractivity contribution in [1.82, 2.24) is 15.1 Å². The van der Waals surface area contributed by atoms with Gasteiger partial charge >= 0.3 is 0 Å². The largest absolute Gasteiger partial charge is 0.395 e. The smallest absolute Gasteiger partial charge is 0.246 e. The first-order valence-corrected chi connectivity index (χ1v) is 10.8. The lowest BCUT2D eigenvalue weighted by Crippen LogP contribution is -2.48. The molecular weight excluding hydrogens is 402 g/mol. The number of aliphatic hydroxyl groups is 1. The van der Waals surface area contributed by atoms with Gasteiger partial charge in [-0.3, -0.25) is 14.6 Å². The summed E-state index contributed by atoms with van der Waals surface area (Å²) in [6, 6.07) is 18.9. The van der Waals surface area contributed by atoms with Crippen LogP contribution >= 0.6 is 11.6 Å². The van der Waals surface area contributed by atoms with Gasteiger partial charge in [0, 0.05) is 44.3 Å². The third-order valence-corrected chi connectivity index (χ3v) is 5.54. The zero-order chi connectivity index (χ0) is 21.2. The first-order chi connectivity index (χ1) is 14.7. The van der Waals surface area contributed by atoms with Crippen LogP contribution in [0.3, 0.4) is 0 Å². The summed E-state index contributed by atoms with van der Waals surface area (Å²) in [5, 5.41) is 12.0. The number of aliphatic hydroxyl groups excluding tert-OH is 1. The van der Waals surface area contributed by atoms with Gasteiger partial charge in [-0.25, -0.2) is 0 Å². The molecule has 1 unspecified atom stereocenters. The summed E-state index contributed by atoms with van der Waals surface area (Å²) < 4.78 is 5.46. The molecule has 0 spiro atoms. The molecule has 1 amide bonds. The van der Waals surface area contributed by atoms with Crippen LogP contribution in [0.2, 0.25) is 5.02 Å². The Morgan fingerprint density at radius 1 is 1.03 bits per heavy atom. The van der Waals surface area contributed by atoms with Crippen LogP contribution in [0, 0.1) is 0 Å². The van der Waals surface area contributed by atoms with E-state index in [2.05, 4.69) is 51.5 Å². The van der Waals surface area contributed by atoms with Crippen LogP contribution < -0.4 is 5.32 Å². The molecule has 0 saturated carbocycles. The fourth-order valence-corrected chi connectivity index (χ4v) is 3.87. The Morgan fingerprint density at radius 2 is 1.70 bits per heavy atom. The number of benzene rings is 2. The number of piperazine rings is 1. The number of hydrogen-bond donors (Lipinski definition) is 2. The predicted octanol–water partition coefficient (Wildman–Crippen LogP) is 2.17. The van der Waals surface area contributed by atoms with Crippen molar-refractivity contribution in [2.24, 2.45) is 0 Å². The molecule has 2 N–H and O–H groups in total. The van der Waals surface area contributed by atoms with Gasteiger partial charge in [0.15, 0.2) is 0 Å². The minimum atomic E-state index is -0.192. The van der Waals surface area contributed by atoms with Crippen molar-refractivity contribution in [3.05, 3.63) is 70.7 Å². The highest BCUT2D eigenvalue weighted by Crippen LogP contribution is 2.30. The summed E-state index contributed by atoms with van der Waals surface area (Å²) in [4.78, 5) is 16.4. The summed E-state index contributed by atoms with van der Waals surface area (Å²) >= 11 is 6.10. The number of nitrogens with one attached hydrogen (secondary N) is 1. The molecule has 7 heteroatoms. The molecule has 2 aromatic carbocycles. The summed E-state index contributed by atoms with van der Waals surface area (Å²) in [5.74, 6) is -0.192. The number of carbonyl (C=O) groups excluding carboxylic acids is 1. The lowest BCUT2D eigenvalue weighted by molar-refractivity contribution is -0.126. The Balaban J connectivity index is 1.51. The molecule has 1 aliphatic heterocycles. The van der Waals surface area contributed by atoms with Gasteiger partial charge in [0.05, 0.1) is 19.3 Å². The highest BCUT2D eigenvalue weighted by Gasteiger charge is 2.26. The summed E-state index contributed by atoms with van der Waals surface area (Å²) in [7, 11) is 0. The molecule has 0 bridgehead atoms. The number of halogens is 1. The number of rotatable bonds is 10. The van der Waals surface area contributed by atoms with Crippen LogP contribution in [0.1, 0.15) is 17.2 Å². The molecule has 2 aromatic rings. The zero-order valence-corrected chi connectivity index (χ0v) is 17.9. The number of ether oxygens (including phenoxy) is 1. The number of carbonyl (C=O) groups is 1. The highest BCUT2D eigenvalue weighted by atomic mass is 35.5. The van der Waals surface area contributed by atoms with Crippen LogP contribution in [-0.2, 0) is 9.53 Å². The number of nitrogens with zero attached hydrogens (tertiary/aromatic N) is 2. The minimum Gasteiger partial charge on any atom is -0.395 e. The van der Waals surface area contributed by atoms with Crippen molar-refractivity contribution in [3.8, 4) is 0 Å². The fourth-order valence-electron chi connectivity index (χ4n) is 3.74. The van der Waals surface area contributed by atoms with Crippen molar-refractivity contribution >= 4 is 17.5 Å². The summed E-state index contributed by atoms with van der Waals surface area (Å²) in [5.41, 5.74) is 2.53. The van der Waals surface area contributed by atoms with E-state index < -0.39 is 0 Å².